The van der Waals surface area contributed by atoms with Gasteiger partial charge in [-0.25, -0.2) is 0 Å². The summed E-state index contributed by atoms with van der Waals surface area (Å²) in [6.45, 7) is 2.93. The highest BCUT2D eigenvalue weighted by molar-refractivity contribution is 9.10. The molecule has 1 N–H and O–H groups in total. The molecular weight excluding hydrogens is 270 g/mol. The van der Waals surface area contributed by atoms with E-state index in [4.69, 9.17) is 9.47 Å². The molecule has 2 atom stereocenters. The highest BCUT2D eigenvalue weighted by Gasteiger charge is 2.24. The van der Waals surface area contributed by atoms with E-state index in [9.17, 15) is 0 Å². The Morgan fingerprint density at radius 1 is 1.50 bits per heavy atom. The van der Waals surface area contributed by atoms with Gasteiger partial charge in [-0.1, -0.05) is 0 Å². The summed E-state index contributed by atoms with van der Waals surface area (Å²) in [5, 5.41) is 3.48. The van der Waals surface area contributed by atoms with Crippen LogP contribution >= 0.6 is 15.9 Å². The van der Waals surface area contributed by atoms with Crippen LogP contribution in [0.3, 0.4) is 0 Å². The molecule has 1 heterocycles. The maximum atomic E-state index is 5.53. The first-order valence-electron chi connectivity index (χ1n) is 5.42. The van der Waals surface area contributed by atoms with E-state index in [1.165, 1.54) is 0 Å². The zero-order valence-corrected chi connectivity index (χ0v) is 11.1. The molecule has 0 aromatic heterocycles. The quantitative estimate of drug-likeness (QED) is 0.926. The molecule has 1 aliphatic rings. The van der Waals surface area contributed by atoms with Crippen LogP contribution < -0.4 is 10.1 Å². The van der Waals surface area contributed by atoms with Crippen LogP contribution in [0.2, 0.25) is 0 Å². The number of nitrogens with one attached hydrogen (secondary N) is 1. The zero-order chi connectivity index (χ0) is 11.5. The van der Waals surface area contributed by atoms with Gasteiger partial charge in [0.25, 0.3) is 0 Å². The molecule has 0 amide bonds. The maximum absolute atomic E-state index is 5.53. The van der Waals surface area contributed by atoms with Crippen molar-refractivity contribution in [2.45, 2.75) is 25.5 Å². The van der Waals surface area contributed by atoms with Gasteiger partial charge in [-0.05, 0) is 41.4 Å². The van der Waals surface area contributed by atoms with Crippen LogP contribution in [-0.4, -0.2) is 25.9 Å². The van der Waals surface area contributed by atoms with Crippen molar-refractivity contribution in [1.82, 2.24) is 0 Å². The average molecular weight is 286 g/mol. The SMILES string of the molecule is COc1ccc(Br)c(NC2CCOC2C)c1. The Balaban J connectivity index is 2.13. The minimum atomic E-state index is 0.262. The van der Waals surface area contributed by atoms with Crippen molar-refractivity contribution in [2.24, 2.45) is 0 Å². The summed E-state index contributed by atoms with van der Waals surface area (Å²) in [7, 11) is 1.67. The second-order valence-electron chi connectivity index (χ2n) is 3.96. The summed E-state index contributed by atoms with van der Waals surface area (Å²) in [5.74, 6) is 0.859. The van der Waals surface area contributed by atoms with Crippen LogP contribution in [0.15, 0.2) is 22.7 Å². The van der Waals surface area contributed by atoms with E-state index < -0.39 is 0 Å². The third-order valence-electron chi connectivity index (χ3n) is 2.89. The summed E-state index contributed by atoms with van der Waals surface area (Å²) in [4.78, 5) is 0. The predicted molar refractivity (Wildman–Crippen MR) is 68.1 cm³/mol. The molecule has 0 spiro atoms. The van der Waals surface area contributed by atoms with E-state index in [0.29, 0.717) is 6.04 Å². The summed E-state index contributed by atoms with van der Waals surface area (Å²) in [5.41, 5.74) is 1.06. The topological polar surface area (TPSA) is 30.5 Å². The number of anilines is 1. The normalized spacial score (nSPS) is 24.4. The summed E-state index contributed by atoms with van der Waals surface area (Å²) < 4.78 is 11.8. The number of rotatable bonds is 3. The van der Waals surface area contributed by atoms with Crippen molar-refractivity contribution >= 4 is 21.6 Å². The van der Waals surface area contributed by atoms with Crippen LogP contribution in [-0.2, 0) is 4.74 Å². The number of benzene rings is 1. The Labute approximate surface area is 104 Å². The van der Waals surface area contributed by atoms with Crippen LogP contribution in [0.1, 0.15) is 13.3 Å². The Hall–Kier alpha value is -0.740. The Kier molecular flexibility index (Phi) is 3.71. The van der Waals surface area contributed by atoms with E-state index in [-0.39, 0.29) is 6.10 Å². The van der Waals surface area contributed by atoms with E-state index in [1.807, 2.05) is 18.2 Å². The van der Waals surface area contributed by atoms with Crippen molar-refractivity contribution in [1.29, 1.82) is 0 Å². The lowest BCUT2D eigenvalue weighted by atomic mass is 10.1. The molecule has 1 fully saturated rings. The van der Waals surface area contributed by atoms with Crippen molar-refractivity contribution < 1.29 is 9.47 Å². The van der Waals surface area contributed by atoms with Gasteiger partial charge in [0.05, 0.1) is 24.9 Å². The van der Waals surface area contributed by atoms with Gasteiger partial charge in [-0.15, -0.1) is 0 Å². The number of halogens is 1. The Morgan fingerprint density at radius 3 is 2.94 bits per heavy atom. The van der Waals surface area contributed by atoms with Gasteiger partial charge in [0.2, 0.25) is 0 Å². The highest BCUT2D eigenvalue weighted by Crippen LogP contribution is 2.29. The molecule has 16 heavy (non-hydrogen) atoms. The molecule has 0 aliphatic carbocycles. The van der Waals surface area contributed by atoms with E-state index in [2.05, 4.69) is 28.2 Å². The van der Waals surface area contributed by atoms with Gasteiger partial charge in [-0.3, -0.25) is 0 Å². The molecule has 0 saturated carbocycles. The lowest BCUT2D eigenvalue weighted by molar-refractivity contribution is 0.121. The molecule has 1 aliphatic heterocycles. The van der Waals surface area contributed by atoms with Gasteiger partial charge in [0.1, 0.15) is 5.75 Å². The summed E-state index contributed by atoms with van der Waals surface area (Å²) >= 11 is 3.53. The molecule has 0 bridgehead atoms. The van der Waals surface area contributed by atoms with Crippen molar-refractivity contribution in [2.75, 3.05) is 19.0 Å². The molecule has 4 heteroatoms. The largest absolute Gasteiger partial charge is 0.497 e. The molecule has 2 unspecified atom stereocenters. The molecule has 1 saturated heterocycles. The van der Waals surface area contributed by atoms with E-state index in [0.717, 1.165) is 28.9 Å². The Morgan fingerprint density at radius 2 is 2.31 bits per heavy atom. The smallest absolute Gasteiger partial charge is 0.121 e. The monoisotopic (exact) mass is 285 g/mol. The standard InChI is InChI=1S/C12H16BrNO2/c1-8-11(5-6-16-8)14-12-7-9(15-2)3-4-10(12)13/h3-4,7-8,11,14H,5-6H2,1-2H3. The maximum Gasteiger partial charge on any atom is 0.121 e. The minimum Gasteiger partial charge on any atom is -0.497 e. The van der Waals surface area contributed by atoms with Crippen molar-refractivity contribution in [3.8, 4) is 5.75 Å². The first-order valence-corrected chi connectivity index (χ1v) is 6.21. The second kappa shape index (κ2) is 5.06. The molecule has 2 rings (SSSR count). The van der Waals surface area contributed by atoms with Crippen molar-refractivity contribution in [3.05, 3.63) is 22.7 Å². The third kappa shape index (κ3) is 2.50. The molecule has 1 aromatic carbocycles. The van der Waals surface area contributed by atoms with Gasteiger partial charge in [0, 0.05) is 17.1 Å². The summed E-state index contributed by atoms with van der Waals surface area (Å²) in [6.07, 6.45) is 1.31. The van der Waals surface area contributed by atoms with Gasteiger partial charge < -0.3 is 14.8 Å². The number of hydrogen-bond acceptors (Lipinski definition) is 3. The lowest BCUT2D eigenvalue weighted by Gasteiger charge is -2.18. The fourth-order valence-corrected chi connectivity index (χ4v) is 2.22. The van der Waals surface area contributed by atoms with Crippen LogP contribution in [0.25, 0.3) is 0 Å². The van der Waals surface area contributed by atoms with Gasteiger partial charge >= 0.3 is 0 Å². The second-order valence-corrected chi connectivity index (χ2v) is 4.82. The average Bonchev–Trinajstić information content (AvgIpc) is 2.68. The molecular formula is C12H16BrNO2. The van der Waals surface area contributed by atoms with E-state index in [1.54, 1.807) is 7.11 Å². The minimum absolute atomic E-state index is 0.262. The zero-order valence-electron chi connectivity index (χ0n) is 9.50. The van der Waals surface area contributed by atoms with Gasteiger partial charge in [-0.2, -0.15) is 0 Å². The molecule has 88 valence electrons. The number of ether oxygens (including phenoxy) is 2. The molecule has 3 nitrogen and oxygen atoms in total. The highest BCUT2D eigenvalue weighted by atomic mass is 79.9. The van der Waals surface area contributed by atoms with Crippen LogP contribution in [0.4, 0.5) is 5.69 Å². The fraction of sp³-hybridized carbons (Fsp3) is 0.500. The number of methoxy groups -OCH3 is 1. The van der Waals surface area contributed by atoms with Crippen LogP contribution in [0, 0.1) is 0 Å². The van der Waals surface area contributed by atoms with E-state index >= 15 is 0 Å². The first kappa shape index (κ1) is 11.7. The van der Waals surface area contributed by atoms with Crippen LogP contribution in [0.5, 0.6) is 5.75 Å². The summed E-state index contributed by atoms with van der Waals surface area (Å²) in [6, 6.07) is 6.30. The molecule has 1 aromatic rings. The fourth-order valence-electron chi connectivity index (χ4n) is 1.86. The predicted octanol–water partition coefficient (Wildman–Crippen LogP) is 3.05. The number of hydrogen-bond donors (Lipinski definition) is 1. The lowest BCUT2D eigenvalue weighted by Crippen LogP contribution is -2.26. The third-order valence-corrected chi connectivity index (χ3v) is 3.58. The first-order chi connectivity index (χ1) is 7.70. The Bertz CT molecular complexity index is 370. The van der Waals surface area contributed by atoms with Gasteiger partial charge in [0.15, 0.2) is 0 Å². The molecule has 0 radical (unpaired) electrons. The van der Waals surface area contributed by atoms with Crippen molar-refractivity contribution in [3.63, 3.8) is 0 Å².